The predicted octanol–water partition coefficient (Wildman–Crippen LogP) is 3.56. The van der Waals surface area contributed by atoms with Crippen LogP contribution < -0.4 is 9.47 Å². The minimum atomic E-state index is 0.601. The van der Waals surface area contributed by atoms with Crippen LogP contribution in [0.2, 0.25) is 0 Å². The molecule has 96 valence electrons. The summed E-state index contributed by atoms with van der Waals surface area (Å²) in [4.78, 5) is 4.40. The second kappa shape index (κ2) is 5.44. The van der Waals surface area contributed by atoms with Crippen LogP contribution in [0.3, 0.4) is 0 Å². The molecule has 0 amide bonds. The Kier molecular flexibility index (Phi) is 3.91. The molecule has 4 nitrogen and oxygen atoms in total. The summed E-state index contributed by atoms with van der Waals surface area (Å²) in [6.07, 6.45) is 0. The number of nitrogens with zero attached hydrogens (tertiary/aromatic N) is 1. The lowest BCUT2D eigenvalue weighted by molar-refractivity contribution is 0.404. The lowest BCUT2D eigenvalue weighted by atomic mass is 10.1. The van der Waals surface area contributed by atoms with Crippen molar-refractivity contribution in [1.82, 2.24) is 4.98 Å². The zero-order valence-corrected chi connectivity index (χ0v) is 12.1. The molecule has 1 aromatic carbocycles. The fourth-order valence-corrected chi connectivity index (χ4v) is 2.15. The van der Waals surface area contributed by atoms with Gasteiger partial charge in [0.25, 0.3) is 0 Å². The molecule has 1 heterocycles. The summed E-state index contributed by atoms with van der Waals surface area (Å²) < 4.78 is 16.1. The van der Waals surface area contributed by atoms with Gasteiger partial charge in [0.2, 0.25) is 0 Å². The number of benzene rings is 1. The Hall–Kier alpha value is -1.49. The molecule has 0 aliphatic heterocycles. The predicted molar refractivity (Wildman–Crippen MR) is 72.4 cm³/mol. The topological polar surface area (TPSA) is 44.5 Å². The van der Waals surface area contributed by atoms with Crippen molar-refractivity contribution in [3.05, 3.63) is 29.9 Å². The second-order valence-corrected chi connectivity index (χ2v) is 4.27. The number of halogens is 1. The van der Waals surface area contributed by atoms with Gasteiger partial charge in [0.05, 0.1) is 19.5 Å². The molecule has 0 spiro atoms. The Labute approximate surface area is 114 Å². The van der Waals surface area contributed by atoms with E-state index < -0.39 is 0 Å². The number of aryl methyl sites for hydroxylation is 1. The number of hydrogen-bond acceptors (Lipinski definition) is 4. The maximum atomic E-state index is 5.54. The van der Waals surface area contributed by atoms with Crippen molar-refractivity contribution in [1.29, 1.82) is 0 Å². The molecule has 0 saturated heterocycles. The fraction of sp³-hybridized carbons (Fsp3) is 0.308. The Bertz CT molecular complexity index is 551. The minimum Gasteiger partial charge on any atom is -0.497 e. The van der Waals surface area contributed by atoms with Crippen molar-refractivity contribution in [2.75, 3.05) is 14.2 Å². The first-order valence-corrected chi connectivity index (χ1v) is 6.56. The number of rotatable bonds is 4. The lowest BCUT2D eigenvalue weighted by Crippen LogP contribution is -1.92. The molecule has 0 N–H and O–H groups in total. The summed E-state index contributed by atoms with van der Waals surface area (Å²) in [6, 6.07) is 5.60. The Balaban J connectivity index is 2.60. The SMILES string of the molecule is COc1ccc(OC)c(-c2nc(C)oc2CBr)c1. The molecule has 0 unspecified atom stereocenters. The van der Waals surface area contributed by atoms with Gasteiger partial charge in [-0.2, -0.15) is 0 Å². The zero-order chi connectivity index (χ0) is 13.1. The Morgan fingerprint density at radius 3 is 2.67 bits per heavy atom. The molecule has 2 rings (SSSR count). The highest BCUT2D eigenvalue weighted by Gasteiger charge is 2.17. The van der Waals surface area contributed by atoms with E-state index in [4.69, 9.17) is 13.9 Å². The average molecular weight is 312 g/mol. The molecular formula is C13H14BrNO3. The molecule has 0 aliphatic rings. The largest absolute Gasteiger partial charge is 0.497 e. The second-order valence-electron chi connectivity index (χ2n) is 3.70. The Morgan fingerprint density at radius 1 is 1.28 bits per heavy atom. The molecule has 0 atom stereocenters. The highest BCUT2D eigenvalue weighted by Crippen LogP contribution is 2.35. The first-order valence-electron chi connectivity index (χ1n) is 5.44. The van der Waals surface area contributed by atoms with Crippen molar-refractivity contribution in [2.45, 2.75) is 12.3 Å². The van der Waals surface area contributed by atoms with Gasteiger partial charge in [0.15, 0.2) is 5.89 Å². The van der Waals surface area contributed by atoms with Crippen LogP contribution in [0.1, 0.15) is 11.7 Å². The van der Waals surface area contributed by atoms with Crippen LogP contribution in [0.4, 0.5) is 0 Å². The van der Waals surface area contributed by atoms with Gasteiger partial charge in [-0.3, -0.25) is 0 Å². The van der Waals surface area contributed by atoms with E-state index in [-0.39, 0.29) is 0 Å². The van der Waals surface area contributed by atoms with E-state index in [0.717, 1.165) is 28.5 Å². The van der Waals surface area contributed by atoms with Gasteiger partial charge in [-0.05, 0) is 18.2 Å². The molecule has 0 radical (unpaired) electrons. The van der Waals surface area contributed by atoms with Gasteiger partial charge in [-0.15, -0.1) is 0 Å². The first-order chi connectivity index (χ1) is 8.69. The van der Waals surface area contributed by atoms with Crippen molar-refractivity contribution >= 4 is 15.9 Å². The van der Waals surface area contributed by atoms with E-state index in [9.17, 15) is 0 Å². The molecule has 1 aromatic heterocycles. The monoisotopic (exact) mass is 311 g/mol. The normalized spacial score (nSPS) is 10.4. The molecule has 5 heteroatoms. The van der Waals surface area contributed by atoms with Gasteiger partial charge in [-0.1, -0.05) is 15.9 Å². The lowest BCUT2D eigenvalue weighted by Gasteiger charge is -2.09. The van der Waals surface area contributed by atoms with Crippen molar-refractivity contribution in [2.24, 2.45) is 0 Å². The van der Waals surface area contributed by atoms with Gasteiger partial charge in [0, 0.05) is 12.5 Å². The maximum absolute atomic E-state index is 5.54. The number of ether oxygens (including phenoxy) is 2. The summed E-state index contributed by atoms with van der Waals surface area (Å²) >= 11 is 3.40. The number of oxazole rings is 1. The number of hydrogen-bond donors (Lipinski definition) is 0. The van der Waals surface area contributed by atoms with Crippen LogP contribution in [0, 0.1) is 6.92 Å². The van der Waals surface area contributed by atoms with Crippen LogP contribution in [0.15, 0.2) is 22.6 Å². The van der Waals surface area contributed by atoms with Crippen molar-refractivity contribution < 1.29 is 13.9 Å². The van der Waals surface area contributed by atoms with Gasteiger partial charge < -0.3 is 13.9 Å². The summed E-state index contributed by atoms with van der Waals surface area (Å²) in [5.74, 6) is 2.90. The summed E-state index contributed by atoms with van der Waals surface area (Å²) in [5.41, 5.74) is 1.64. The Morgan fingerprint density at radius 2 is 2.06 bits per heavy atom. The van der Waals surface area contributed by atoms with Gasteiger partial charge in [-0.25, -0.2) is 4.98 Å². The van der Waals surface area contributed by atoms with Gasteiger partial charge >= 0.3 is 0 Å². The van der Waals surface area contributed by atoms with E-state index in [2.05, 4.69) is 20.9 Å². The van der Waals surface area contributed by atoms with Crippen LogP contribution in [-0.4, -0.2) is 19.2 Å². The van der Waals surface area contributed by atoms with Crippen molar-refractivity contribution in [3.63, 3.8) is 0 Å². The molecule has 0 bridgehead atoms. The molecular weight excluding hydrogens is 298 g/mol. The molecule has 18 heavy (non-hydrogen) atoms. The first kappa shape index (κ1) is 13.0. The molecule has 2 aromatic rings. The fourth-order valence-electron chi connectivity index (χ4n) is 1.77. The quantitative estimate of drug-likeness (QED) is 0.810. The van der Waals surface area contributed by atoms with Crippen LogP contribution in [-0.2, 0) is 5.33 Å². The molecule has 0 aliphatic carbocycles. The summed E-state index contributed by atoms with van der Waals surface area (Å²) in [6.45, 7) is 1.82. The zero-order valence-electron chi connectivity index (χ0n) is 10.5. The van der Waals surface area contributed by atoms with Crippen molar-refractivity contribution in [3.8, 4) is 22.8 Å². The maximum Gasteiger partial charge on any atom is 0.191 e. The van der Waals surface area contributed by atoms with Gasteiger partial charge in [0.1, 0.15) is 23.0 Å². The van der Waals surface area contributed by atoms with Crippen LogP contribution in [0.25, 0.3) is 11.3 Å². The minimum absolute atomic E-state index is 0.601. The van der Waals surface area contributed by atoms with Crippen LogP contribution >= 0.6 is 15.9 Å². The number of alkyl halides is 1. The summed E-state index contributed by atoms with van der Waals surface area (Å²) in [5, 5.41) is 0.601. The molecule has 0 fully saturated rings. The standard InChI is InChI=1S/C13H14BrNO3/c1-8-15-13(12(7-14)18-8)10-6-9(16-2)4-5-11(10)17-3/h4-6H,7H2,1-3H3. The van der Waals surface area contributed by atoms with E-state index in [0.29, 0.717) is 11.2 Å². The van der Waals surface area contributed by atoms with E-state index in [1.807, 2.05) is 25.1 Å². The highest BCUT2D eigenvalue weighted by atomic mass is 79.9. The van der Waals surface area contributed by atoms with Crippen LogP contribution in [0.5, 0.6) is 11.5 Å². The smallest absolute Gasteiger partial charge is 0.191 e. The average Bonchev–Trinajstić information content (AvgIpc) is 2.79. The summed E-state index contributed by atoms with van der Waals surface area (Å²) in [7, 11) is 3.26. The number of methoxy groups -OCH3 is 2. The number of aromatic nitrogens is 1. The van der Waals surface area contributed by atoms with E-state index >= 15 is 0 Å². The van der Waals surface area contributed by atoms with E-state index in [1.54, 1.807) is 14.2 Å². The van der Waals surface area contributed by atoms with E-state index in [1.165, 1.54) is 0 Å². The highest BCUT2D eigenvalue weighted by molar-refractivity contribution is 9.08. The third kappa shape index (κ3) is 2.36. The third-order valence-electron chi connectivity index (χ3n) is 2.59. The molecule has 0 saturated carbocycles. The third-order valence-corrected chi connectivity index (χ3v) is 3.10.